The molecular formula is C19H23Cl2F2N7O2. The molecular weight excluding hydrogens is 467 g/mol. The van der Waals surface area contributed by atoms with E-state index in [2.05, 4.69) is 25.7 Å². The number of alkyl halides is 2. The Labute approximate surface area is 193 Å². The molecule has 2 aromatic rings. The summed E-state index contributed by atoms with van der Waals surface area (Å²) in [7, 11) is 0. The molecule has 0 aliphatic carbocycles. The first-order valence-corrected chi connectivity index (χ1v) is 11.2. The number of anilines is 3. The standard InChI is InChI=1S/C19H23Cl2F2N7O2/c1-10-3-5-32-17-14(26-18-24-6-12(20)16(25-10)27-18)15(21)30(28-17)13-2-4-29(9-19(13,22)23)11-7-31-8-11/h6,10-11,13H,2-5,7-9H2,1H3,(H2,24,25,26,27). The van der Waals surface area contributed by atoms with Crippen molar-refractivity contribution in [1.29, 1.82) is 0 Å². The molecule has 9 nitrogen and oxygen atoms in total. The van der Waals surface area contributed by atoms with E-state index in [9.17, 15) is 0 Å². The molecule has 3 aliphatic heterocycles. The number of nitrogens with one attached hydrogen (secondary N) is 2. The van der Waals surface area contributed by atoms with Gasteiger partial charge < -0.3 is 20.1 Å². The Morgan fingerprint density at radius 1 is 1.25 bits per heavy atom. The van der Waals surface area contributed by atoms with Crippen LogP contribution in [0.1, 0.15) is 25.8 Å². The van der Waals surface area contributed by atoms with Gasteiger partial charge in [0, 0.05) is 19.0 Å². The summed E-state index contributed by atoms with van der Waals surface area (Å²) in [5, 5.41) is 10.9. The number of likely N-dealkylation sites (tertiary alicyclic amines) is 1. The van der Waals surface area contributed by atoms with Crippen LogP contribution in [-0.2, 0) is 4.74 Å². The maximum absolute atomic E-state index is 15.2. The third-order valence-electron chi connectivity index (χ3n) is 6.00. The zero-order valence-corrected chi connectivity index (χ0v) is 18.8. The Bertz CT molecular complexity index is 1000. The molecule has 32 heavy (non-hydrogen) atoms. The van der Waals surface area contributed by atoms with Crippen LogP contribution in [0.25, 0.3) is 0 Å². The van der Waals surface area contributed by atoms with E-state index >= 15 is 8.78 Å². The van der Waals surface area contributed by atoms with Crippen LogP contribution in [-0.4, -0.2) is 75.6 Å². The number of hydrogen-bond donors (Lipinski definition) is 2. The Morgan fingerprint density at radius 2 is 2.06 bits per heavy atom. The van der Waals surface area contributed by atoms with E-state index in [4.69, 9.17) is 32.7 Å². The first kappa shape index (κ1) is 21.9. The monoisotopic (exact) mass is 489 g/mol. The van der Waals surface area contributed by atoms with Crippen molar-refractivity contribution in [1.82, 2.24) is 24.6 Å². The summed E-state index contributed by atoms with van der Waals surface area (Å²) >= 11 is 12.8. The number of fused-ring (bicyclic) bond motifs is 3. The smallest absolute Gasteiger partial charge is 0.282 e. The van der Waals surface area contributed by atoms with E-state index in [1.54, 1.807) is 4.90 Å². The second kappa shape index (κ2) is 8.44. The maximum atomic E-state index is 15.2. The lowest BCUT2D eigenvalue weighted by Gasteiger charge is -2.44. The van der Waals surface area contributed by atoms with Crippen LogP contribution in [0.3, 0.4) is 0 Å². The van der Waals surface area contributed by atoms with Gasteiger partial charge in [-0.05, 0) is 13.3 Å². The van der Waals surface area contributed by atoms with Crippen molar-refractivity contribution in [3.05, 3.63) is 16.4 Å². The predicted octanol–water partition coefficient (Wildman–Crippen LogP) is 3.59. The first-order valence-electron chi connectivity index (χ1n) is 10.5. The molecule has 0 spiro atoms. The second-order valence-electron chi connectivity index (χ2n) is 8.34. The third kappa shape index (κ3) is 4.07. The molecule has 2 unspecified atom stereocenters. The minimum atomic E-state index is -3.02. The van der Waals surface area contributed by atoms with Gasteiger partial charge in [0.25, 0.3) is 11.8 Å². The molecule has 0 aromatic carbocycles. The second-order valence-corrected chi connectivity index (χ2v) is 9.11. The molecule has 0 saturated carbocycles. The summed E-state index contributed by atoms with van der Waals surface area (Å²) in [5.41, 5.74) is 0.250. The number of rotatable bonds is 2. The molecule has 2 atom stereocenters. The largest absolute Gasteiger partial charge is 0.475 e. The van der Waals surface area contributed by atoms with Crippen LogP contribution >= 0.6 is 23.2 Å². The molecule has 174 valence electrons. The quantitative estimate of drug-likeness (QED) is 0.661. The summed E-state index contributed by atoms with van der Waals surface area (Å²) in [6.45, 7) is 3.38. The fourth-order valence-corrected chi connectivity index (χ4v) is 4.52. The number of nitrogens with zero attached hydrogens (tertiary/aromatic N) is 5. The number of piperidine rings is 1. The van der Waals surface area contributed by atoms with Gasteiger partial charge in [-0.25, -0.2) is 18.4 Å². The molecule has 5 rings (SSSR count). The van der Waals surface area contributed by atoms with Crippen molar-refractivity contribution in [2.24, 2.45) is 0 Å². The molecule has 2 fully saturated rings. The van der Waals surface area contributed by atoms with Gasteiger partial charge >= 0.3 is 0 Å². The average Bonchev–Trinajstić information content (AvgIpc) is 2.96. The van der Waals surface area contributed by atoms with Crippen molar-refractivity contribution in [3.8, 4) is 5.88 Å². The lowest BCUT2D eigenvalue weighted by atomic mass is 9.99. The summed E-state index contributed by atoms with van der Waals surface area (Å²) in [6.07, 6.45) is 2.26. The van der Waals surface area contributed by atoms with Crippen molar-refractivity contribution in [3.63, 3.8) is 0 Å². The summed E-state index contributed by atoms with van der Waals surface area (Å²) in [4.78, 5) is 10.3. The molecule has 0 amide bonds. The first-order chi connectivity index (χ1) is 15.3. The minimum Gasteiger partial charge on any atom is -0.475 e. The van der Waals surface area contributed by atoms with E-state index in [0.29, 0.717) is 43.6 Å². The highest BCUT2D eigenvalue weighted by Gasteiger charge is 2.49. The molecule has 13 heteroatoms. The van der Waals surface area contributed by atoms with Gasteiger partial charge in [0.1, 0.15) is 16.8 Å². The van der Waals surface area contributed by atoms with E-state index in [1.807, 2.05) is 6.92 Å². The van der Waals surface area contributed by atoms with Gasteiger partial charge in [0.05, 0.1) is 38.6 Å². The van der Waals surface area contributed by atoms with Crippen LogP contribution in [0.4, 0.5) is 26.2 Å². The van der Waals surface area contributed by atoms with Crippen LogP contribution < -0.4 is 15.4 Å². The van der Waals surface area contributed by atoms with Crippen molar-refractivity contribution >= 4 is 40.7 Å². The molecule has 3 aliphatic rings. The molecule has 2 N–H and O–H groups in total. The SMILES string of the molecule is CC1CCOc2nn(C3CCN(C4COC4)CC3(F)F)c(Cl)c2Nc2ncc(Cl)c(n2)N1. The number of ether oxygens (including phenoxy) is 2. The van der Waals surface area contributed by atoms with Crippen LogP contribution in [0, 0.1) is 0 Å². The van der Waals surface area contributed by atoms with Gasteiger partial charge in [-0.15, -0.1) is 5.10 Å². The van der Waals surface area contributed by atoms with Crippen molar-refractivity contribution in [2.75, 3.05) is 43.5 Å². The highest BCUT2D eigenvalue weighted by atomic mass is 35.5. The highest BCUT2D eigenvalue weighted by molar-refractivity contribution is 6.33. The van der Waals surface area contributed by atoms with Crippen LogP contribution in [0.2, 0.25) is 10.2 Å². The summed E-state index contributed by atoms with van der Waals surface area (Å²) in [6, 6.07) is -1.15. The topological polar surface area (TPSA) is 89.4 Å². The number of hydrogen-bond acceptors (Lipinski definition) is 8. The fourth-order valence-electron chi connectivity index (χ4n) is 4.09. The Morgan fingerprint density at radius 3 is 2.78 bits per heavy atom. The Hall–Kier alpha value is -1.95. The maximum Gasteiger partial charge on any atom is 0.282 e. The van der Waals surface area contributed by atoms with E-state index in [1.165, 1.54) is 6.20 Å². The van der Waals surface area contributed by atoms with Crippen LogP contribution in [0.15, 0.2) is 6.20 Å². The van der Waals surface area contributed by atoms with E-state index in [-0.39, 0.29) is 47.7 Å². The number of halogens is 4. The summed E-state index contributed by atoms with van der Waals surface area (Å²) < 4.78 is 42.5. The zero-order chi connectivity index (χ0) is 22.5. The Kier molecular flexibility index (Phi) is 5.77. The van der Waals surface area contributed by atoms with Gasteiger partial charge in [0.15, 0.2) is 11.0 Å². The lowest BCUT2D eigenvalue weighted by Crippen LogP contribution is -2.58. The van der Waals surface area contributed by atoms with E-state index < -0.39 is 12.0 Å². The average molecular weight is 490 g/mol. The normalized spacial score (nSPS) is 26.0. The van der Waals surface area contributed by atoms with Gasteiger partial charge in [-0.2, -0.15) is 4.98 Å². The van der Waals surface area contributed by atoms with Gasteiger partial charge in [0.2, 0.25) is 5.95 Å². The molecule has 0 radical (unpaired) electrons. The lowest BCUT2D eigenvalue weighted by molar-refractivity contribution is -0.150. The third-order valence-corrected chi connectivity index (χ3v) is 6.64. The van der Waals surface area contributed by atoms with Gasteiger partial charge in [-0.3, -0.25) is 4.90 Å². The minimum absolute atomic E-state index is 0.00139. The summed E-state index contributed by atoms with van der Waals surface area (Å²) in [5.74, 6) is -2.23. The van der Waals surface area contributed by atoms with E-state index in [0.717, 1.165) is 4.68 Å². The Balaban J connectivity index is 1.46. The van der Waals surface area contributed by atoms with Crippen molar-refractivity contribution < 1.29 is 18.3 Å². The predicted molar refractivity (Wildman–Crippen MR) is 116 cm³/mol. The van der Waals surface area contributed by atoms with Crippen LogP contribution in [0.5, 0.6) is 5.88 Å². The molecule has 2 bridgehead atoms. The highest BCUT2D eigenvalue weighted by Crippen LogP contribution is 2.43. The molecule has 2 aromatic heterocycles. The fraction of sp³-hybridized carbons (Fsp3) is 0.632. The molecule has 5 heterocycles. The van der Waals surface area contributed by atoms with Gasteiger partial charge in [-0.1, -0.05) is 23.2 Å². The van der Waals surface area contributed by atoms with Crippen molar-refractivity contribution in [2.45, 2.75) is 43.8 Å². The number of aromatic nitrogens is 4. The zero-order valence-electron chi connectivity index (χ0n) is 17.3. The molecule has 2 saturated heterocycles.